The minimum absolute atomic E-state index is 0.494. The van der Waals surface area contributed by atoms with Gasteiger partial charge in [-0.3, -0.25) is 4.31 Å². The van der Waals surface area contributed by atoms with Crippen molar-refractivity contribution < 1.29 is 8.42 Å². The molecule has 1 aromatic carbocycles. The molecule has 0 aliphatic carbocycles. The van der Waals surface area contributed by atoms with E-state index in [1.165, 1.54) is 4.31 Å². The SMILES string of the molecule is CCCN(c1ccc(Br)cc1)S(=O)(=O)N1CCNCC1. The maximum absolute atomic E-state index is 12.8. The summed E-state index contributed by atoms with van der Waals surface area (Å²) in [6.45, 7) is 4.95. The lowest BCUT2D eigenvalue weighted by Crippen LogP contribution is -2.52. The Morgan fingerprint density at radius 2 is 1.85 bits per heavy atom. The predicted octanol–water partition coefficient (Wildman–Crippen LogP) is 1.82. The van der Waals surface area contributed by atoms with E-state index in [9.17, 15) is 8.42 Å². The van der Waals surface area contributed by atoms with E-state index in [1.54, 1.807) is 4.31 Å². The van der Waals surface area contributed by atoms with E-state index in [2.05, 4.69) is 21.2 Å². The molecule has 112 valence electrons. The molecule has 0 aromatic heterocycles. The van der Waals surface area contributed by atoms with Crippen molar-refractivity contribution >= 4 is 31.8 Å². The second kappa shape index (κ2) is 6.89. The largest absolute Gasteiger partial charge is 0.314 e. The van der Waals surface area contributed by atoms with Crippen molar-refractivity contribution in [2.45, 2.75) is 13.3 Å². The standard InChI is InChI=1S/C13H20BrN3O2S/c1-2-9-17(13-5-3-12(14)4-6-13)20(18,19)16-10-7-15-8-11-16/h3-6,15H,2,7-11H2,1H3. The van der Waals surface area contributed by atoms with Crippen molar-refractivity contribution in [3.05, 3.63) is 28.7 Å². The predicted molar refractivity (Wildman–Crippen MR) is 85.1 cm³/mol. The number of nitrogens with zero attached hydrogens (tertiary/aromatic N) is 2. The number of hydrogen-bond donors (Lipinski definition) is 1. The molecule has 20 heavy (non-hydrogen) atoms. The van der Waals surface area contributed by atoms with E-state index in [-0.39, 0.29) is 0 Å². The molecule has 0 radical (unpaired) electrons. The molecule has 1 aliphatic heterocycles. The third-order valence-electron chi connectivity index (χ3n) is 3.22. The molecule has 0 atom stereocenters. The highest BCUT2D eigenvalue weighted by atomic mass is 79.9. The molecular formula is C13H20BrN3O2S. The van der Waals surface area contributed by atoms with Crippen LogP contribution in [0.25, 0.3) is 0 Å². The van der Waals surface area contributed by atoms with E-state index in [1.807, 2.05) is 31.2 Å². The molecule has 2 rings (SSSR count). The number of benzene rings is 1. The Morgan fingerprint density at radius 3 is 2.40 bits per heavy atom. The minimum atomic E-state index is -3.44. The third-order valence-corrected chi connectivity index (χ3v) is 5.72. The van der Waals surface area contributed by atoms with E-state index >= 15 is 0 Å². The second-order valence-electron chi connectivity index (χ2n) is 4.71. The molecule has 1 saturated heterocycles. The number of piperazine rings is 1. The van der Waals surface area contributed by atoms with Gasteiger partial charge in [-0.15, -0.1) is 0 Å². The van der Waals surface area contributed by atoms with Gasteiger partial charge in [0.1, 0.15) is 0 Å². The first kappa shape index (κ1) is 15.8. The van der Waals surface area contributed by atoms with Gasteiger partial charge in [0.2, 0.25) is 0 Å². The van der Waals surface area contributed by atoms with Crippen LogP contribution < -0.4 is 9.62 Å². The van der Waals surface area contributed by atoms with Crippen LogP contribution >= 0.6 is 15.9 Å². The molecule has 5 nitrogen and oxygen atoms in total. The fourth-order valence-electron chi connectivity index (χ4n) is 2.20. The third kappa shape index (κ3) is 3.52. The molecule has 1 aromatic rings. The summed E-state index contributed by atoms with van der Waals surface area (Å²) in [4.78, 5) is 0. The summed E-state index contributed by atoms with van der Waals surface area (Å²) in [6.07, 6.45) is 0.779. The fourth-order valence-corrected chi connectivity index (χ4v) is 4.19. The van der Waals surface area contributed by atoms with Gasteiger partial charge in [0.05, 0.1) is 5.69 Å². The van der Waals surface area contributed by atoms with Crippen molar-refractivity contribution in [3.8, 4) is 0 Å². The van der Waals surface area contributed by atoms with Gasteiger partial charge in [0.15, 0.2) is 0 Å². The summed E-state index contributed by atoms with van der Waals surface area (Å²) in [7, 11) is -3.44. The molecule has 0 unspecified atom stereocenters. The summed E-state index contributed by atoms with van der Waals surface area (Å²) < 4.78 is 29.6. The summed E-state index contributed by atoms with van der Waals surface area (Å²) in [5.41, 5.74) is 0.716. The van der Waals surface area contributed by atoms with Gasteiger partial charge in [0, 0.05) is 37.2 Å². The van der Waals surface area contributed by atoms with Gasteiger partial charge in [-0.25, -0.2) is 0 Å². The van der Waals surface area contributed by atoms with Crippen LogP contribution in [0.4, 0.5) is 5.69 Å². The maximum atomic E-state index is 12.8. The summed E-state index contributed by atoms with van der Waals surface area (Å²) in [5.74, 6) is 0. The van der Waals surface area contributed by atoms with Crippen molar-refractivity contribution in [3.63, 3.8) is 0 Å². The topological polar surface area (TPSA) is 52.7 Å². The average Bonchev–Trinajstić information content (AvgIpc) is 2.47. The summed E-state index contributed by atoms with van der Waals surface area (Å²) in [5, 5.41) is 3.17. The number of halogens is 1. The van der Waals surface area contributed by atoms with Crippen LogP contribution in [0.2, 0.25) is 0 Å². The zero-order valence-corrected chi connectivity index (χ0v) is 14.0. The first-order valence-electron chi connectivity index (χ1n) is 6.80. The first-order chi connectivity index (χ1) is 9.55. The van der Waals surface area contributed by atoms with Crippen LogP contribution in [0.15, 0.2) is 28.7 Å². The lowest BCUT2D eigenvalue weighted by atomic mass is 10.3. The molecule has 0 bridgehead atoms. The zero-order chi connectivity index (χ0) is 14.6. The van der Waals surface area contributed by atoms with E-state index < -0.39 is 10.2 Å². The van der Waals surface area contributed by atoms with Crippen LogP contribution in [-0.2, 0) is 10.2 Å². The Morgan fingerprint density at radius 1 is 1.25 bits per heavy atom. The summed E-state index contributed by atoms with van der Waals surface area (Å²) >= 11 is 3.37. The Balaban J connectivity index is 2.28. The fraction of sp³-hybridized carbons (Fsp3) is 0.538. The maximum Gasteiger partial charge on any atom is 0.304 e. The molecule has 1 heterocycles. The lowest BCUT2D eigenvalue weighted by molar-refractivity contribution is 0.358. The van der Waals surface area contributed by atoms with Crippen molar-refractivity contribution in [1.29, 1.82) is 0 Å². The zero-order valence-electron chi connectivity index (χ0n) is 11.5. The second-order valence-corrected chi connectivity index (χ2v) is 7.47. The van der Waals surface area contributed by atoms with Crippen molar-refractivity contribution in [1.82, 2.24) is 9.62 Å². The molecular weight excluding hydrogens is 342 g/mol. The Kier molecular flexibility index (Phi) is 5.42. The highest BCUT2D eigenvalue weighted by Crippen LogP contribution is 2.23. The quantitative estimate of drug-likeness (QED) is 0.869. The van der Waals surface area contributed by atoms with Gasteiger partial charge in [0.25, 0.3) is 0 Å². The van der Waals surface area contributed by atoms with Gasteiger partial charge in [-0.1, -0.05) is 22.9 Å². The highest BCUT2D eigenvalue weighted by Gasteiger charge is 2.30. The minimum Gasteiger partial charge on any atom is -0.314 e. The molecule has 1 fully saturated rings. The monoisotopic (exact) mass is 361 g/mol. The molecule has 0 saturated carbocycles. The molecule has 0 spiro atoms. The summed E-state index contributed by atoms with van der Waals surface area (Å²) in [6, 6.07) is 7.40. The van der Waals surface area contributed by atoms with Gasteiger partial charge >= 0.3 is 10.2 Å². The number of nitrogens with one attached hydrogen (secondary N) is 1. The molecule has 1 aliphatic rings. The van der Waals surface area contributed by atoms with Crippen LogP contribution in [0.5, 0.6) is 0 Å². The van der Waals surface area contributed by atoms with E-state index in [0.29, 0.717) is 38.4 Å². The van der Waals surface area contributed by atoms with Gasteiger partial charge < -0.3 is 5.32 Å². The Labute approximate surface area is 129 Å². The number of rotatable bonds is 5. The normalized spacial score (nSPS) is 17.1. The average molecular weight is 362 g/mol. The van der Waals surface area contributed by atoms with Gasteiger partial charge in [-0.2, -0.15) is 12.7 Å². The molecule has 0 amide bonds. The molecule has 1 N–H and O–H groups in total. The number of hydrogen-bond acceptors (Lipinski definition) is 3. The highest BCUT2D eigenvalue weighted by molar-refractivity contribution is 9.10. The van der Waals surface area contributed by atoms with Crippen LogP contribution in [-0.4, -0.2) is 45.4 Å². The number of anilines is 1. The van der Waals surface area contributed by atoms with Gasteiger partial charge in [-0.05, 0) is 30.7 Å². The van der Waals surface area contributed by atoms with E-state index in [4.69, 9.17) is 0 Å². The van der Waals surface area contributed by atoms with Crippen molar-refractivity contribution in [2.75, 3.05) is 37.0 Å². The van der Waals surface area contributed by atoms with E-state index in [0.717, 1.165) is 10.9 Å². The van der Waals surface area contributed by atoms with Crippen molar-refractivity contribution in [2.24, 2.45) is 0 Å². The Hall–Kier alpha value is -0.630. The van der Waals surface area contributed by atoms with Crippen LogP contribution in [0.3, 0.4) is 0 Å². The van der Waals surface area contributed by atoms with Crippen LogP contribution in [0.1, 0.15) is 13.3 Å². The van der Waals surface area contributed by atoms with Crippen LogP contribution in [0, 0.1) is 0 Å². The Bertz CT molecular complexity index is 527. The smallest absolute Gasteiger partial charge is 0.304 e. The molecule has 7 heteroatoms. The lowest BCUT2D eigenvalue weighted by Gasteiger charge is -2.33. The first-order valence-corrected chi connectivity index (χ1v) is 8.99.